The van der Waals surface area contributed by atoms with Gasteiger partial charge in [-0.1, -0.05) is 36.4 Å². The van der Waals surface area contributed by atoms with Crippen LogP contribution in [-0.4, -0.2) is 72.3 Å². The highest BCUT2D eigenvalue weighted by Gasteiger charge is 2.35. The molecule has 13 heteroatoms. The average molecular weight is 880 g/mol. The van der Waals surface area contributed by atoms with Crippen molar-refractivity contribution in [2.24, 2.45) is 0 Å². The quantitative estimate of drug-likeness (QED) is 0.0871. The van der Waals surface area contributed by atoms with E-state index in [0.29, 0.717) is 0 Å². The number of hydrogen-bond donors (Lipinski definition) is 0. The largest absolute Gasteiger partial charge is 0.456 e. The zero-order valence-electron chi connectivity index (χ0n) is 38.7. The smallest absolute Gasteiger partial charge is 0.194 e. The fraction of sp³-hybridized carbons (Fsp3) is 0.683. The molecule has 0 heterocycles. The van der Waals surface area contributed by atoms with E-state index in [1.165, 1.54) is 22.3 Å². The molecule has 2 aromatic rings. The van der Waals surface area contributed by atoms with E-state index < -0.39 is 66.5 Å². The van der Waals surface area contributed by atoms with Crippen molar-refractivity contribution in [1.82, 2.24) is 0 Å². The zero-order valence-corrected chi connectivity index (χ0v) is 46.7. The Bertz CT molecular complexity index is 1330. The van der Waals surface area contributed by atoms with Crippen molar-refractivity contribution < 1.29 is 21.3 Å². The van der Waals surface area contributed by atoms with E-state index in [-0.39, 0.29) is 5.78 Å². The van der Waals surface area contributed by atoms with Gasteiger partial charge in [0, 0.05) is 11.1 Å². The molecule has 0 aliphatic carbocycles. The Morgan fingerprint density at radius 2 is 0.556 bits per heavy atom. The molecule has 0 N–H and O–H groups in total. The first-order valence-corrected chi connectivity index (χ1v) is 46.7. The first-order valence-electron chi connectivity index (χ1n) is 20.7. The molecule has 2 aromatic carbocycles. The molecule has 0 fully saturated rings. The van der Waals surface area contributed by atoms with Crippen LogP contribution in [0.3, 0.4) is 0 Å². The van der Waals surface area contributed by atoms with Crippen LogP contribution in [0.15, 0.2) is 36.4 Å². The summed E-state index contributed by atoms with van der Waals surface area (Å²) >= 11 is 0. The van der Waals surface area contributed by atoms with E-state index in [0.717, 1.165) is 61.0 Å². The lowest BCUT2D eigenvalue weighted by atomic mass is 9.86. The van der Waals surface area contributed by atoms with Gasteiger partial charge in [-0.3, -0.25) is 4.79 Å². The summed E-state index contributed by atoms with van der Waals surface area (Å²) in [5.74, 6) is 0.207. The lowest BCUT2D eigenvalue weighted by Crippen LogP contribution is -2.42. The summed E-state index contributed by atoms with van der Waals surface area (Å²) < 4.78 is 27.2. The Labute approximate surface area is 342 Å². The Morgan fingerprint density at radius 3 is 0.722 bits per heavy atom. The zero-order chi connectivity index (χ0) is 41.8. The van der Waals surface area contributed by atoms with Crippen LogP contribution in [-0.2, 0) is 42.1 Å². The molecule has 2 rings (SSSR count). The summed E-state index contributed by atoms with van der Waals surface area (Å²) in [5.41, 5.74) is 6.58. The Hall–Kier alpha value is -0.315. The second kappa shape index (κ2) is 18.7. The van der Waals surface area contributed by atoms with Crippen molar-refractivity contribution >= 4 is 72.3 Å². The van der Waals surface area contributed by atoms with E-state index in [4.69, 9.17) is 16.5 Å². The molecule has 5 nitrogen and oxygen atoms in total. The minimum absolute atomic E-state index is 0.207. The summed E-state index contributed by atoms with van der Waals surface area (Å²) in [5, 5.41) is 0. The maximum absolute atomic E-state index is 15.7. The molecular weight excluding hydrogens is 797 g/mol. The minimum atomic E-state index is -1.95. The predicted molar refractivity (Wildman–Crippen MR) is 258 cm³/mol. The second-order valence-corrected chi connectivity index (χ2v) is 58.4. The van der Waals surface area contributed by atoms with Crippen molar-refractivity contribution in [2.45, 2.75) is 181 Å². The first kappa shape index (κ1) is 49.8. The summed E-state index contributed by atoms with van der Waals surface area (Å²) in [6.07, 6.45) is 3.43. The van der Waals surface area contributed by atoms with Gasteiger partial charge in [-0.2, -0.15) is 0 Å². The number of hydrogen-bond acceptors (Lipinski definition) is 5. The first-order chi connectivity index (χ1) is 24.1. The van der Waals surface area contributed by atoms with E-state index in [2.05, 4.69) is 167 Å². The second-order valence-electron chi connectivity index (χ2n) is 22.1. The van der Waals surface area contributed by atoms with Crippen LogP contribution in [0.5, 0.6) is 0 Å². The average Bonchev–Trinajstić information content (AvgIpc) is 2.91. The van der Waals surface area contributed by atoms with Crippen LogP contribution in [0.4, 0.5) is 0 Å². The Balaban J connectivity index is 2.79. The standard InChI is InChI=1S/C41H82O5Si8/c1-47(2,3)43-51(13,14)31-27-35-23-21-24-36(28-32-52(15,16)44-48(4,5)6)39(35)41(42)40-37(29-33-53(17,18)45-49(7,8)9)25-22-26-38(40)30-34-54(19,20)46-50(10,11)12/h21-26H,27-34H2,1-20H3. The van der Waals surface area contributed by atoms with Crippen molar-refractivity contribution in [2.75, 3.05) is 0 Å². The predicted octanol–water partition coefficient (Wildman–Crippen LogP) is 13.3. The highest BCUT2D eigenvalue weighted by atomic mass is 28.4. The molecule has 0 bridgehead atoms. The van der Waals surface area contributed by atoms with Crippen molar-refractivity contribution in [3.63, 3.8) is 0 Å². The number of benzene rings is 2. The number of ketones is 1. The molecule has 0 aliphatic rings. The van der Waals surface area contributed by atoms with Gasteiger partial charge in [0.05, 0.1) is 0 Å². The summed E-state index contributed by atoms with van der Waals surface area (Å²) in [4.78, 5) is 15.7. The van der Waals surface area contributed by atoms with Crippen LogP contribution in [0.1, 0.15) is 38.2 Å². The van der Waals surface area contributed by atoms with Crippen molar-refractivity contribution in [3.05, 3.63) is 69.8 Å². The number of rotatable bonds is 22. The fourth-order valence-electron chi connectivity index (χ4n) is 8.11. The van der Waals surface area contributed by atoms with Gasteiger partial charge < -0.3 is 16.5 Å². The van der Waals surface area contributed by atoms with Gasteiger partial charge in [-0.15, -0.1) is 0 Å². The van der Waals surface area contributed by atoms with Gasteiger partial charge in [0.25, 0.3) is 0 Å². The van der Waals surface area contributed by atoms with Crippen LogP contribution in [0.25, 0.3) is 0 Å². The van der Waals surface area contributed by atoms with Gasteiger partial charge in [0.1, 0.15) is 0 Å². The van der Waals surface area contributed by atoms with E-state index in [1.807, 2.05) is 0 Å². The van der Waals surface area contributed by atoms with Gasteiger partial charge in [-0.05, 0) is 203 Å². The van der Waals surface area contributed by atoms with Crippen molar-refractivity contribution in [1.29, 1.82) is 0 Å². The molecule has 0 aromatic heterocycles. The highest BCUT2D eigenvalue weighted by Crippen LogP contribution is 2.33. The molecular formula is C41H82O5Si8. The lowest BCUT2D eigenvalue weighted by Gasteiger charge is -2.33. The third kappa shape index (κ3) is 19.0. The molecule has 0 aliphatic heterocycles. The number of carbonyl (C=O) groups excluding carboxylic acids is 1. The highest BCUT2D eigenvalue weighted by molar-refractivity contribution is 6.86. The van der Waals surface area contributed by atoms with E-state index in [1.54, 1.807) is 0 Å². The minimum Gasteiger partial charge on any atom is -0.456 e. The molecule has 0 unspecified atom stereocenters. The molecule has 0 radical (unpaired) electrons. The van der Waals surface area contributed by atoms with E-state index in [9.17, 15) is 0 Å². The summed E-state index contributed by atoms with van der Waals surface area (Å²) in [6.45, 7) is 46.4. The van der Waals surface area contributed by atoms with Crippen LogP contribution < -0.4 is 0 Å². The molecule has 0 amide bonds. The maximum atomic E-state index is 15.7. The third-order valence-corrected chi connectivity index (χ3v) is 33.7. The number of carbonyl (C=O) groups is 1. The fourth-order valence-corrected chi connectivity index (χ4v) is 39.8. The lowest BCUT2D eigenvalue weighted by molar-refractivity contribution is 0.103. The van der Waals surface area contributed by atoms with Gasteiger partial charge in [0.15, 0.2) is 72.3 Å². The molecule has 0 saturated heterocycles. The SMILES string of the molecule is C[Si](C)(C)O[Si](C)(C)CCc1cccc(CC[Si](C)(C)O[Si](C)(C)C)c1C(=O)c1c(CC[Si](C)(C)O[Si](C)(C)C)cccc1CC[Si](C)(C)O[Si](C)(C)C. The van der Waals surface area contributed by atoms with Gasteiger partial charge in [0.2, 0.25) is 0 Å². The molecule has 0 atom stereocenters. The van der Waals surface area contributed by atoms with Crippen LogP contribution in [0.2, 0.25) is 155 Å². The molecule has 54 heavy (non-hydrogen) atoms. The summed E-state index contributed by atoms with van der Waals surface area (Å²) in [6, 6.07) is 17.3. The summed E-state index contributed by atoms with van der Waals surface area (Å²) in [7, 11) is -14.6. The number of aryl methyl sites for hydroxylation is 4. The van der Waals surface area contributed by atoms with Crippen molar-refractivity contribution in [3.8, 4) is 0 Å². The molecule has 308 valence electrons. The van der Waals surface area contributed by atoms with Crippen LogP contribution >= 0.6 is 0 Å². The molecule has 0 saturated carbocycles. The topological polar surface area (TPSA) is 54.0 Å². The van der Waals surface area contributed by atoms with E-state index >= 15 is 4.79 Å². The Morgan fingerprint density at radius 1 is 0.370 bits per heavy atom. The third-order valence-electron chi connectivity index (χ3n) is 9.24. The normalized spacial score (nSPS) is 14.1. The van der Waals surface area contributed by atoms with Gasteiger partial charge in [-0.25, -0.2) is 0 Å². The van der Waals surface area contributed by atoms with Gasteiger partial charge >= 0.3 is 0 Å². The maximum Gasteiger partial charge on any atom is 0.194 e. The molecule has 0 spiro atoms. The van der Waals surface area contributed by atoms with Crippen LogP contribution in [0, 0.1) is 0 Å². The monoisotopic (exact) mass is 878 g/mol. The Kier molecular flexibility index (Phi) is 17.3.